The second-order valence-electron chi connectivity index (χ2n) is 5.62. The molecule has 0 aliphatic carbocycles. The molecule has 0 amide bonds. The molecule has 0 aliphatic heterocycles. The molecule has 5 nitrogen and oxygen atoms in total. The van der Waals surface area contributed by atoms with E-state index in [4.69, 9.17) is 9.47 Å². The lowest BCUT2D eigenvalue weighted by Gasteiger charge is -2.15. The summed E-state index contributed by atoms with van der Waals surface area (Å²) in [5, 5.41) is 0. The van der Waals surface area contributed by atoms with Crippen LogP contribution < -0.4 is 4.74 Å². The van der Waals surface area contributed by atoms with Crippen molar-refractivity contribution in [2.45, 2.75) is 31.1 Å². The maximum Gasteiger partial charge on any atom is 0.515 e. The topological polar surface area (TPSA) is 69.7 Å². The standard InChI is InChI=1S/C19H20O5S/c1-5-16-7-9-17(10-8-16)24-19(20)23-15(4)25(21,22)18-11-6-13(2)12-14(18)3/h5-12,15H,1H2,2-4H3. The summed E-state index contributed by atoms with van der Waals surface area (Å²) in [7, 11) is -3.82. The Kier molecular flexibility index (Phi) is 5.64. The van der Waals surface area contributed by atoms with Crippen molar-refractivity contribution in [3.8, 4) is 5.75 Å². The molecule has 2 aromatic carbocycles. The van der Waals surface area contributed by atoms with Gasteiger partial charge in [0, 0.05) is 0 Å². The molecule has 0 aliphatic rings. The van der Waals surface area contributed by atoms with E-state index in [0.29, 0.717) is 5.56 Å². The van der Waals surface area contributed by atoms with Crippen molar-refractivity contribution in [2.24, 2.45) is 0 Å². The van der Waals surface area contributed by atoms with Gasteiger partial charge in [-0.1, -0.05) is 42.5 Å². The minimum atomic E-state index is -3.82. The van der Waals surface area contributed by atoms with Gasteiger partial charge in [-0.3, -0.25) is 0 Å². The molecule has 0 bridgehead atoms. The van der Waals surface area contributed by atoms with Crippen molar-refractivity contribution in [2.75, 3.05) is 0 Å². The van der Waals surface area contributed by atoms with Gasteiger partial charge in [0.2, 0.25) is 15.3 Å². The Morgan fingerprint density at radius 3 is 2.32 bits per heavy atom. The molecule has 0 heterocycles. The number of sulfone groups is 1. The number of carbonyl (C=O) groups is 1. The van der Waals surface area contributed by atoms with Crippen molar-refractivity contribution in [1.82, 2.24) is 0 Å². The van der Waals surface area contributed by atoms with Crippen molar-refractivity contribution in [3.63, 3.8) is 0 Å². The summed E-state index contributed by atoms with van der Waals surface area (Å²) in [4.78, 5) is 12.0. The highest BCUT2D eigenvalue weighted by molar-refractivity contribution is 7.92. The maximum atomic E-state index is 12.6. The van der Waals surface area contributed by atoms with E-state index in [0.717, 1.165) is 11.1 Å². The first kappa shape index (κ1) is 18.7. The van der Waals surface area contributed by atoms with E-state index in [-0.39, 0.29) is 10.6 Å². The van der Waals surface area contributed by atoms with Gasteiger partial charge in [-0.2, -0.15) is 0 Å². The van der Waals surface area contributed by atoms with E-state index in [1.54, 1.807) is 49.4 Å². The van der Waals surface area contributed by atoms with Gasteiger partial charge in [0.15, 0.2) is 0 Å². The van der Waals surface area contributed by atoms with Crippen LogP contribution in [0.1, 0.15) is 23.6 Å². The van der Waals surface area contributed by atoms with Crippen LogP contribution in [0, 0.1) is 13.8 Å². The van der Waals surface area contributed by atoms with Crippen molar-refractivity contribution < 1.29 is 22.7 Å². The fraction of sp³-hybridized carbons (Fsp3) is 0.211. The van der Waals surface area contributed by atoms with Crippen molar-refractivity contribution in [3.05, 3.63) is 65.7 Å². The molecular weight excluding hydrogens is 340 g/mol. The van der Waals surface area contributed by atoms with E-state index >= 15 is 0 Å². The van der Waals surface area contributed by atoms with Gasteiger partial charge in [0.05, 0.1) is 4.90 Å². The van der Waals surface area contributed by atoms with Crippen LogP contribution in [0.25, 0.3) is 6.08 Å². The van der Waals surface area contributed by atoms with Crippen LogP contribution in [0.4, 0.5) is 4.79 Å². The second kappa shape index (κ2) is 7.53. The smallest absolute Gasteiger partial charge is 0.414 e. The third-order valence-electron chi connectivity index (χ3n) is 3.65. The van der Waals surface area contributed by atoms with Crippen LogP contribution in [0.5, 0.6) is 5.75 Å². The quantitative estimate of drug-likeness (QED) is 0.588. The van der Waals surface area contributed by atoms with Crippen LogP contribution in [0.15, 0.2) is 53.9 Å². The molecule has 1 atom stereocenters. The second-order valence-corrected chi connectivity index (χ2v) is 7.82. The highest BCUT2D eigenvalue weighted by atomic mass is 32.2. The third kappa shape index (κ3) is 4.48. The lowest BCUT2D eigenvalue weighted by molar-refractivity contribution is 0.0912. The molecule has 2 rings (SSSR count). The number of rotatable bonds is 5. The van der Waals surface area contributed by atoms with Gasteiger partial charge in [0.25, 0.3) is 0 Å². The summed E-state index contributed by atoms with van der Waals surface area (Å²) < 4.78 is 35.1. The zero-order valence-electron chi connectivity index (χ0n) is 14.4. The van der Waals surface area contributed by atoms with Gasteiger partial charge < -0.3 is 9.47 Å². The molecular formula is C19H20O5S. The monoisotopic (exact) mass is 360 g/mol. The number of hydrogen-bond acceptors (Lipinski definition) is 5. The first-order valence-corrected chi connectivity index (χ1v) is 9.21. The molecule has 0 radical (unpaired) electrons. The predicted octanol–water partition coefficient (Wildman–Crippen LogP) is 4.28. The first-order valence-electron chi connectivity index (χ1n) is 7.66. The van der Waals surface area contributed by atoms with Crippen molar-refractivity contribution >= 4 is 22.1 Å². The van der Waals surface area contributed by atoms with Crippen LogP contribution in [0.3, 0.4) is 0 Å². The molecule has 1 unspecified atom stereocenters. The average molecular weight is 360 g/mol. The Morgan fingerprint density at radius 1 is 1.12 bits per heavy atom. The average Bonchev–Trinajstić information content (AvgIpc) is 2.55. The Morgan fingerprint density at radius 2 is 1.76 bits per heavy atom. The largest absolute Gasteiger partial charge is 0.515 e. The summed E-state index contributed by atoms with van der Waals surface area (Å²) in [5.41, 5.74) is 1.05. The maximum absolute atomic E-state index is 12.6. The summed E-state index contributed by atoms with van der Waals surface area (Å²) in [6.07, 6.45) is 0.577. The summed E-state index contributed by atoms with van der Waals surface area (Å²) in [6, 6.07) is 11.5. The summed E-state index contributed by atoms with van der Waals surface area (Å²) in [5.74, 6) is 0.256. The van der Waals surface area contributed by atoms with Crippen LogP contribution in [-0.2, 0) is 14.6 Å². The lowest BCUT2D eigenvalue weighted by atomic mass is 10.2. The number of ether oxygens (including phenoxy) is 2. The van der Waals surface area contributed by atoms with Crippen molar-refractivity contribution in [1.29, 1.82) is 0 Å². The van der Waals surface area contributed by atoms with E-state index in [9.17, 15) is 13.2 Å². The summed E-state index contributed by atoms with van der Waals surface area (Å²) >= 11 is 0. The zero-order valence-corrected chi connectivity index (χ0v) is 15.2. The van der Waals surface area contributed by atoms with E-state index in [1.807, 2.05) is 6.92 Å². The zero-order chi connectivity index (χ0) is 18.6. The number of benzene rings is 2. The summed E-state index contributed by atoms with van der Waals surface area (Å²) in [6.45, 7) is 8.51. The van der Waals surface area contributed by atoms with Gasteiger partial charge >= 0.3 is 6.16 Å². The fourth-order valence-corrected chi connectivity index (χ4v) is 3.62. The van der Waals surface area contributed by atoms with E-state index in [1.165, 1.54) is 13.0 Å². The van der Waals surface area contributed by atoms with Crippen LogP contribution in [-0.4, -0.2) is 20.0 Å². The van der Waals surface area contributed by atoms with Gasteiger partial charge in [-0.15, -0.1) is 0 Å². The highest BCUT2D eigenvalue weighted by Gasteiger charge is 2.29. The molecule has 0 saturated carbocycles. The normalized spacial score (nSPS) is 12.3. The van der Waals surface area contributed by atoms with Crippen LogP contribution in [0.2, 0.25) is 0 Å². The highest BCUT2D eigenvalue weighted by Crippen LogP contribution is 2.22. The Labute approximate surface area is 147 Å². The molecule has 25 heavy (non-hydrogen) atoms. The molecule has 132 valence electrons. The van der Waals surface area contributed by atoms with Gasteiger partial charge in [-0.25, -0.2) is 13.2 Å². The molecule has 0 spiro atoms. The molecule has 0 fully saturated rings. The van der Waals surface area contributed by atoms with Crippen LogP contribution >= 0.6 is 0 Å². The molecule has 0 aromatic heterocycles. The van der Waals surface area contributed by atoms with E-state index in [2.05, 4.69) is 6.58 Å². The molecule has 6 heteroatoms. The van der Waals surface area contributed by atoms with Gasteiger partial charge in [-0.05, 0) is 50.1 Å². The molecule has 0 saturated heterocycles. The Hall–Kier alpha value is -2.60. The lowest BCUT2D eigenvalue weighted by Crippen LogP contribution is -2.26. The minimum Gasteiger partial charge on any atom is -0.414 e. The minimum absolute atomic E-state index is 0.133. The number of hydrogen-bond donors (Lipinski definition) is 0. The Bertz CT molecular complexity index is 883. The molecule has 0 N–H and O–H groups in total. The third-order valence-corrected chi connectivity index (χ3v) is 5.69. The first-order chi connectivity index (χ1) is 11.7. The fourth-order valence-electron chi connectivity index (χ4n) is 2.29. The van der Waals surface area contributed by atoms with Gasteiger partial charge in [0.1, 0.15) is 5.75 Å². The van der Waals surface area contributed by atoms with E-state index < -0.39 is 21.4 Å². The Balaban J connectivity index is 2.09. The molecule has 2 aromatic rings. The SMILES string of the molecule is C=Cc1ccc(OC(=O)OC(C)S(=O)(=O)c2ccc(C)cc2C)cc1. The number of aryl methyl sites for hydroxylation is 2. The number of carbonyl (C=O) groups excluding carboxylic acids is 1. The predicted molar refractivity (Wildman–Crippen MR) is 96.2 cm³/mol.